The summed E-state index contributed by atoms with van der Waals surface area (Å²) in [7, 11) is 1.59. The first-order valence-electron chi connectivity index (χ1n) is 7.39. The molecule has 0 radical (unpaired) electrons. The number of amides is 1. The average molecular weight is 299 g/mol. The molecule has 0 N–H and O–H groups in total. The Hall–Kier alpha value is -2.36. The van der Waals surface area contributed by atoms with Gasteiger partial charge < -0.3 is 9.64 Å². The highest BCUT2D eigenvalue weighted by Crippen LogP contribution is 2.29. The SMILES string of the molecule is COc1ccccc1CC(=O)N1CCCc2ccc(F)cc21. The molecule has 3 nitrogen and oxygen atoms in total. The molecule has 1 amide bonds. The summed E-state index contributed by atoms with van der Waals surface area (Å²) in [6.45, 7) is 0.629. The van der Waals surface area contributed by atoms with Crippen LogP contribution >= 0.6 is 0 Å². The van der Waals surface area contributed by atoms with Crippen molar-refractivity contribution in [2.45, 2.75) is 19.3 Å². The van der Waals surface area contributed by atoms with Gasteiger partial charge in [-0.15, -0.1) is 0 Å². The molecule has 0 bridgehead atoms. The number of fused-ring (bicyclic) bond motifs is 1. The molecule has 114 valence electrons. The Kier molecular flexibility index (Phi) is 4.09. The number of carbonyl (C=O) groups excluding carboxylic acids is 1. The molecule has 0 unspecified atom stereocenters. The predicted octanol–water partition coefficient (Wildman–Crippen LogP) is 3.36. The molecular formula is C18H18FNO2. The van der Waals surface area contributed by atoms with E-state index in [0.717, 1.165) is 24.0 Å². The maximum atomic E-state index is 13.5. The first kappa shape index (κ1) is 14.6. The third-order valence-electron chi connectivity index (χ3n) is 4.00. The summed E-state index contributed by atoms with van der Waals surface area (Å²) in [4.78, 5) is 14.3. The van der Waals surface area contributed by atoms with Crippen LogP contribution in [0.15, 0.2) is 42.5 Å². The van der Waals surface area contributed by atoms with E-state index in [1.165, 1.54) is 12.1 Å². The Morgan fingerprint density at radius 1 is 1.27 bits per heavy atom. The number of para-hydroxylation sites is 1. The van der Waals surface area contributed by atoms with Gasteiger partial charge in [-0.2, -0.15) is 0 Å². The van der Waals surface area contributed by atoms with E-state index in [2.05, 4.69) is 0 Å². The minimum absolute atomic E-state index is 0.0314. The van der Waals surface area contributed by atoms with E-state index >= 15 is 0 Å². The minimum Gasteiger partial charge on any atom is -0.496 e. The van der Waals surface area contributed by atoms with Crippen LogP contribution in [-0.2, 0) is 17.6 Å². The first-order valence-corrected chi connectivity index (χ1v) is 7.39. The summed E-state index contributed by atoms with van der Waals surface area (Å²) in [5.74, 6) is 0.360. The first-order chi connectivity index (χ1) is 10.7. The second-order valence-corrected chi connectivity index (χ2v) is 5.41. The van der Waals surface area contributed by atoms with Gasteiger partial charge >= 0.3 is 0 Å². The van der Waals surface area contributed by atoms with E-state index in [0.29, 0.717) is 18.0 Å². The molecule has 4 heteroatoms. The van der Waals surface area contributed by atoms with E-state index in [4.69, 9.17) is 4.74 Å². The zero-order valence-electron chi connectivity index (χ0n) is 12.5. The molecule has 2 aromatic rings. The lowest BCUT2D eigenvalue weighted by molar-refractivity contribution is -0.118. The fraction of sp³-hybridized carbons (Fsp3) is 0.278. The highest BCUT2D eigenvalue weighted by atomic mass is 19.1. The maximum absolute atomic E-state index is 13.5. The number of carbonyl (C=O) groups is 1. The third-order valence-corrected chi connectivity index (χ3v) is 4.00. The Morgan fingerprint density at radius 3 is 2.91 bits per heavy atom. The second kappa shape index (κ2) is 6.18. The van der Waals surface area contributed by atoms with Crippen LogP contribution in [0.3, 0.4) is 0 Å². The molecule has 0 aliphatic carbocycles. The van der Waals surface area contributed by atoms with Gasteiger partial charge in [-0.1, -0.05) is 24.3 Å². The van der Waals surface area contributed by atoms with E-state index in [1.54, 1.807) is 18.1 Å². The summed E-state index contributed by atoms with van der Waals surface area (Å²) >= 11 is 0. The standard InChI is InChI=1S/C18H18FNO2/c1-22-17-7-3-2-5-14(17)11-18(21)20-10-4-6-13-8-9-15(19)12-16(13)20/h2-3,5,7-9,12H,4,6,10-11H2,1H3. The van der Waals surface area contributed by atoms with Crippen LogP contribution < -0.4 is 9.64 Å². The Balaban J connectivity index is 1.86. The number of hydrogen-bond donors (Lipinski definition) is 0. The fourth-order valence-corrected chi connectivity index (χ4v) is 2.91. The second-order valence-electron chi connectivity index (χ2n) is 5.41. The molecule has 0 saturated carbocycles. The Labute approximate surface area is 129 Å². The Bertz CT molecular complexity index is 699. The summed E-state index contributed by atoms with van der Waals surface area (Å²) in [6.07, 6.45) is 2.03. The van der Waals surface area contributed by atoms with Gasteiger partial charge in [0.15, 0.2) is 0 Å². The average Bonchev–Trinajstić information content (AvgIpc) is 2.54. The van der Waals surface area contributed by atoms with Gasteiger partial charge in [-0.05, 0) is 36.6 Å². The summed E-state index contributed by atoms with van der Waals surface area (Å²) in [5, 5.41) is 0. The van der Waals surface area contributed by atoms with Gasteiger partial charge in [0.25, 0.3) is 0 Å². The van der Waals surface area contributed by atoms with E-state index in [-0.39, 0.29) is 18.1 Å². The summed E-state index contributed by atoms with van der Waals surface area (Å²) in [6, 6.07) is 12.2. The van der Waals surface area contributed by atoms with Crippen LogP contribution in [0.2, 0.25) is 0 Å². The lowest BCUT2D eigenvalue weighted by Gasteiger charge is -2.29. The van der Waals surface area contributed by atoms with Crippen molar-refractivity contribution in [3.8, 4) is 5.75 Å². The van der Waals surface area contributed by atoms with Gasteiger partial charge in [0, 0.05) is 17.8 Å². The van der Waals surface area contributed by atoms with Gasteiger partial charge in [-0.25, -0.2) is 4.39 Å². The maximum Gasteiger partial charge on any atom is 0.231 e. The summed E-state index contributed by atoms with van der Waals surface area (Å²) < 4.78 is 18.8. The van der Waals surface area contributed by atoms with Gasteiger partial charge in [-0.3, -0.25) is 4.79 Å². The van der Waals surface area contributed by atoms with Crippen LogP contribution in [0.25, 0.3) is 0 Å². The number of methoxy groups -OCH3 is 1. The number of ether oxygens (including phenoxy) is 1. The zero-order chi connectivity index (χ0) is 15.5. The minimum atomic E-state index is -0.309. The molecule has 0 saturated heterocycles. The van der Waals surface area contributed by atoms with Crippen molar-refractivity contribution in [1.82, 2.24) is 0 Å². The highest BCUT2D eigenvalue weighted by Gasteiger charge is 2.23. The monoisotopic (exact) mass is 299 g/mol. The van der Waals surface area contributed by atoms with Crippen molar-refractivity contribution in [3.05, 3.63) is 59.4 Å². The molecule has 0 spiro atoms. The molecular weight excluding hydrogens is 281 g/mol. The largest absolute Gasteiger partial charge is 0.496 e. The van der Waals surface area contributed by atoms with Gasteiger partial charge in [0.05, 0.1) is 13.5 Å². The summed E-state index contributed by atoms with van der Waals surface area (Å²) in [5.41, 5.74) is 2.57. The van der Waals surface area contributed by atoms with Crippen molar-refractivity contribution >= 4 is 11.6 Å². The van der Waals surface area contributed by atoms with Crippen molar-refractivity contribution in [1.29, 1.82) is 0 Å². The molecule has 1 aliphatic heterocycles. The molecule has 1 aliphatic rings. The van der Waals surface area contributed by atoms with Gasteiger partial charge in [0.2, 0.25) is 5.91 Å². The molecule has 22 heavy (non-hydrogen) atoms. The highest BCUT2D eigenvalue weighted by molar-refractivity contribution is 5.96. The van der Waals surface area contributed by atoms with E-state index in [1.807, 2.05) is 24.3 Å². The molecule has 2 aromatic carbocycles. The van der Waals surface area contributed by atoms with Crippen molar-refractivity contribution in [2.24, 2.45) is 0 Å². The van der Waals surface area contributed by atoms with Crippen LogP contribution in [0.4, 0.5) is 10.1 Å². The van der Waals surface area contributed by atoms with Crippen molar-refractivity contribution in [2.75, 3.05) is 18.6 Å². The fourth-order valence-electron chi connectivity index (χ4n) is 2.91. The van der Waals surface area contributed by atoms with E-state index in [9.17, 15) is 9.18 Å². The number of hydrogen-bond acceptors (Lipinski definition) is 2. The molecule has 0 aromatic heterocycles. The Morgan fingerprint density at radius 2 is 2.09 bits per heavy atom. The molecule has 1 heterocycles. The number of anilines is 1. The van der Waals surface area contributed by atoms with Crippen LogP contribution in [-0.4, -0.2) is 19.6 Å². The number of halogens is 1. The molecule has 0 atom stereocenters. The van der Waals surface area contributed by atoms with Crippen LogP contribution in [0, 0.1) is 5.82 Å². The third kappa shape index (κ3) is 2.82. The van der Waals surface area contributed by atoms with E-state index < -0.39 is 0 Å². The lowest BCUT2D eigenvalue weighted by Crippen LogP contribution is -2.36. The number of rotatable bonds is 3. The molecule has 0 fully saturated rings. The van der Waals surface area contributed by atoms with Gasteiger partial charge in [0.1, 0.15) is 11.6 Å². The zero-order valence-corrected chi connectivity index (χ0v) is 12.5. The molecule has 3 rings (SSSR count). The number of benzene rings is 2. The van der Waals surface area contributed by atoms with Crippen molar-refractivity contribution < 1.29 is 13.9 Å². The topological polar surface area (TPSA) is 29.5 Å². The number of nitrogens with zero attached hydrogens (tertiary/aromatic N) is 1. The van der Waals surface area contributed by atoms with Crippen LogP contribution in [0.1, 0.15) is 17.5 Å². The smallest absolute Gasteiger partial charge is 0.231 e. The number of aryl methyl sites for hydroxylation is 1. The lowest BCUT2D eigenvalue weighted by atomic mass is 10.0. The normalized spacial score (nSPS) is 13.6. The predicted molar refractivity (Wildman–Crippen MR) is 83.8 cm³/mol. The quantitative estimate of drug-likeness (QED) is 0.870. The van der Waals surface area contributed by atoms with Crippen LogP contribution in [0.5, 0.6) is 5.75 Å². The van der Waals surface area contributed by atoms with Crippen molar-refractivity contribution in [3.63, 3.8) is 0 Å².